The first-order chi connectivity index (χ1) is 8.70. The van der Waals surface area contributed by atoms with Crippen molar-refractivity contribution in [1.82, 2.24) is 9.88 Å². The van der Waals surface area contributed by atoms with Crippen LogP contribution in [0.5, 0.6) is 0 Å². The molecular weight excluding hydrogens is 230 g/mol. The minimum atomic E-state index is 0.0479. The highest BCUT2D eigenvalue weighted by Gasteiger charge is 2.22. The van der Waals surface area contributed by atoms with E-state index in [1.165, 1.54) is 0 Å². The molecule has 2 rings (SSSR count). The highest BCUT2D eigenvalue weighted by molar-refractivity contribution is 5.94. The normalized spacial score (nSPS) is 19.7. The second-order valence-electron chi connectivity index (χ2n) is 4.39. The van der Waals surface area contributed by atoms with Crippen molar-refractivity contribution in [3.8, 4) is 0 Å². The number of morpholine rings is 1. The minimum Gasteiger partial charge on any atom is -0.375 e. The lowest BCUT2D eigenvalue weighted by atomic mass is 10.2. The van der Waals surface area contributed by atoms with E-state index < -0.39 is 0 Å². The molecule has 0 saturated carbocycles. The van der Waals surface area contributed by atoms with Crippen LogP contribution in [0.25, 0.3) is 0 Å². The average molecular weight is 249 g/mol. The summed E-state index contributed by atoms with van der Waals surface area (Å²) in [4.78, 5) is 18.3. The van der Waals surface area contributed by atoms with Crippen molar-refractivity contribution in [3.05, 3.63) is 23.9 Å². The van der Waals surface area contributed by atoms with Gasteiger partial charge < -0.3 is 15.0 Å². The van der Waals surface area contributed by atoms with Gasteiger partial charge in [0.05, 0.1) is 12.7 Å². The van der Waals surface area contributed by atoms with Gasteiger partial charge in [-0.3, -0.25) is 4.79 Å². The standard InChI is InChI=1S/C13H19N3O2/c1-3-14-12-8-11(4-5-15-12)13(17)16-6-7-18-10(2)9-16/h4-5,8,10H,3,6-7,9H2,1-2H3,(H,14,15). The SMILES string of the molecule is CCNc1cc(C(=O)N2CCOC(C)C2)ccn1. The molecule has 5 heteroatoms. The van der Waals surface area contributed by atoms with Gasteiger partial charge in [-0.15, -0.1) is 0 Å². The number of hydrogen-bond donors (Lipinski definition) is 1. The molecule has 1 aliphatic heterocycles. The Morgan fingerprint density at radius 3 is 3.22 bits per heavy atom. The van der Waals surface area contributed by atoms with Crippen LogP contribution in [0, 0.1) is 0 Å². The van der Waals surface area contributed by atoms with Gasteiger partial charge in [-0.2, -0.15) is 0 Å². The zero-order valence-corrected chi connectivity index (χ0v) is 10.8. The van der Waals surface area contributed by atoms with Crippen molar-refractivity contribution >= 4 is 11.7 Å². The molecule has 0 aromatic carbocycles. The Balaban J connectivity index is 2.10. The number of nitrogens with zero attached hydrogens (tertiary/aromatic N) is 2. The van der Waals surface area contributed by atoms with E-state index in [0.717, 1.165) is 12.4 Å². The summed E-state index contributed by atoms with van der Waals surface area (Å²) in [5.41, 5.74) is 0.676. The van der Waals surface area contributed by atoms with Gasteiger partial charge in [0.15, 0.2) is 0 Å². The van der Waals surface area contributed by atoms with Gasteiger partial charge in [0.1, 0.15) is 5.82 Å². The number of ether oxygens (including phenoxy) is 1. The van der Waals surface area contributed by atoms with Gasteiger partial charge in [0.2, 0.25) is 0 Å². The summed E-state index contributed by atoms with van der Waals surface area (Å²) < 4.78 is 5.44. The van der Waals surface area contributed by atoms with Crippen LogP contribution in [0.2, 0.25) is 0 Å². The number of aromatic nitrogens is 1. The maximum Gasteiger partial charge on any atom is 0.254 e. The summed E-state index contributed by atoms with van der Waals surface area (Å²) in [5.74, 6) is 0.788. The predicted molar refractivity (Wildman–Crippen MR) is 69.7 cm³/mol. The molecule has 0 aliphatic carbocycles. The van der Waals surface area contributed by atoms with Crippen LogP contribution < -0.4 is 5.32 Å². The molecule has 1 aliphatic rings. The smallest absolute Gasteiger partial charge is 0.254 e. The fourth-order valence-electron chi connectivity index (χ4n) is 2.03. The molecule has 98 valence electrons. The summed E-state index contributed by atoms with van der Waals surface area (Å²) in [6.45, 7) is 6.69. The van der Waals surface area contributed by atoms with E-state index in [2.05, 4.69) is 10.3 Å². The van der Waals surface area contributed by atoms with Gasteiger partial charge >= 0.3 is 0 Å². The van der Waals surface area contributed by atoms with Crippen LogP contribution in [0.1, 0.15) is 24.2 Å². The Morgan fingerprint density at radius 1 is 1.67 bits per heavy atom. The summed E-state index contributed by atoms with van der Waals surface area (Å²) >= 11 is 0. The van der Waals surface area contributed by atoms with Crippen molar-refractivity contribution in [2.45, 2.75) is 20.0 Å². The maximum absolute atomic E-state index is 12.3. The van der Waals surface area contributed by atoms with E-state index in [1.54, 1.807) is 18.3 Å². The molecule has 0 spiro atoms. The molecular formula is C13H19N3O2. The van der Waals surface area contributed by atoms with E-state index in [-0.39, 0.29) is 12.0 Å². The van der Waals surface area contributed by atoms with Crippen molar-refractivity contribution in [2.75, 3.05) is 31.6 Å². The summed E-state index contributed by atoms with van der Waals surface area (Å²) in [6, 6.07) is 3.55. The zero-order valence-electron chi connectivity index (χ0n) is 10.8. The van der Waals surface area contributed by atoms with Crippen molar-refractivity contribution in [2.24, 2.45) is 0 Å². The molecule has 1 aromatic rings. The largest absolute Gasteiger partial charge is 0.375 e. The topological polar surface area (TPSA) is 54.5 Å². The Labute approximate surface area is 107 Å². The van der Waals surface area contributed by atoms with Crippen LogP contribution in [0.4, 0.5) is 5.82 Å². The van der Waals surface area contributed by atoms with Crippen LogP contribution >= 0.6 is 0 Å². The third-order valence-electron chi connectivity index (χ3n) is 2.89. The van der Waals surface area contributed by atoms with E-state index in [0.29, 0.717) is 25.3 Å². The number of carbonyl (C=O) groups is 1. The lowest BCUT2D eigenvalue weighted by Gasteiger charge is -2.31. The fraction of sp³-hybridized carbons (Fsp3) is 0.538. The summed E-state index contributed by atoms with van der Waals surface area (Å²) in [7, 11) is 0. The fourth-order valence-corrected chi connectivity index (χ4v) is 2.03. The second-order valence-corrected chi connectivity index (χ2v) is 4.39. The Hall–Kier alpha value is -1.62. The first-order valence-corrected chi connectivity index (χ1v) is 6.31. The second kappa shape index (κ2) is 5.82. The third kappa shape index (κ3) is 2.98. The Bertz CT molecular complexity index is 422. The van der Waals surface area contributed by atoms with Crippen LogP contribution in [0.15, 0.2) is 18.3 Å². The van der Waals surface area contributed by atoms with E-state index >= 15 is 0 Å². The molecule has 0 bridgehead atoms. The van der Waals surface area contributed by atoms with E-state index in [4.69, 9.17) is 4.74 Å². The van der Waals surface area contributed by atoms with Gasteiger partial charge in [0.25, 0.3) is 5.91 Å². The number of nitrogens with one attached hydrogen (secondary N) is 1. The minimum absolute atomic E-state index is 0.0479. The van der Waals surface area contributed by atoms with Crippen molar-refractivity contribution in [1.29, 1.82) is 0 Å². The maximum atomic E-state index is 12.3. The quantitative estimate of drug-likeness (QED) is 0.879. The van der Waals surface area contributed by atoms with Gasteiger partial charge in [-0.1, -0.05) is 0 Å². The molecule has 1 saturated heterocycles. The number of anilines is 1. The Morgan fingerprint density at radius 2 is 2.50 bits per heavy atom. The first-order valence-electron chi connectivity index (χ1n) is 6.31. The third-order valence-corrected chi connectivity index (χ3v) is 2.89. The number of amides is 1. The van der Waals surface area contributed by atoms with Crippen molar-refractivity contribution < 1.29 is 9.53 Å². The monoisotopic (exact) mass is 249 g/mol. The average Bonchev–Trinajstić information content (AvgIpc) is 2.39. The molecule has 0 radical (unpaired) electrons. The molecule has 1 N–H and O–H groups in total. The zero-order chi connectivity index (χ0) is 13.0. The highest BCUT2D eigenvalue weighted by Crippen LogP contribution is 2.12. The van der Waals surface area contributed by atoms with Gasteiger partial charge in [-0.25, -0.2) is 4.98 Å². The molecule has 2 heterocycles. The molecule has 1 aromatic heterocycles. The number of hydrogen-bond acceptors (Lipinski definition) is 4. The van der Waals surface area contributed by atoms with Gasteiger partial charge in [-0.05, 0) is 26.0 Å². The number of pyridine rings is 1. The highest BCUT2D eigenvalue weighted by atomic mass is 16.5. The molecule has 1 unspecified atom stereocenters. The molecule has 1 amide bonds. The predicted octanol–water partition coefficient (Wildman–Crippen LogP) is 1.37. The van der Waals surface area contributed by atoms with Crippen LogP contribution in [-0.2, 0) is 4.74 Å². The lowest BCUT2D eigenvalue weighted by molar-refractivity contribution is -0.0124. The molecule has 5 nitrogen and oxygen atoms in total. The number of carbonyl (C=O) groups excluding carboxylic acids is 1. The lowest BCUT2D eigenvalue weighted by Crippen LogP contribution is -2.44. The molecule has 1 atom stereocenters. The van der Waals surface area contributed by atoms with E-state index in [9.17, 15) is 4.79 Å². The Kier molecular flexibility index (Phi) is 4.15. The summed E-state index contributed by atoms with van der Waals surface area (Å²) in [6.07, 6.45) is 1.77. The van der Waals surface area contributed by atoms with Crippen LogP contribution in [-0.4, -0.2) is 48.1 Å². The van der Waals surface area contributed by atoms with E-state index in [1.807, 2.05) is 18.7 Å². The van der Waals surface area contributed by atoms with Crippen LogP contribution in [0.3, 0.4) is 0 Å². The van der Waals surface area contributed by atoms with Gasteiger partial charge in [0, 0.05) is 31.4 Å². The summed E-state index contributed by atoms with van der Waals surface area (Å²) in [5, 5.41) is 3.11. The van der Waals surface area contributed by atoms with Crippen molar-refractivity contribution in [3.63, 3.8) is 0 Å². The molecule has 1 fully saturated rings. The molecule has 18 heavy (non-hydrogen) atoms. The number of rotatable bonds is 3. The first kappa shape index (κ1) is 12.8.